The Labute approximate surface area is 256 Å². The molecule has 12 heteroatoms. The van der Waals surface area contributed by atoms with Crippen molar-refractivity contribution in [3.63, 3.8) is 0 Å². The van der Waals surface area contributed by atoms with Gasteiger partial charge in [-0.1, -0.05) is 38.1 Å². The Morgan fingerprint density at radius 2 is 1.82 bits per heavy atom. The van der Waals surface area contributed by atoms with E-state index in [1.165, 1.54) is 12.1 Å². The van der Waals surface area contributed by atoms with Crippen LogP contribution in [0.5, 0.6) is 5.75 Å². The number of aliphatic hydroxyl groups excluding tert-OH is 1. The van der Waals surface area contributed by atoms with Gasteiger partial charge in [0.15, 0.2) is 0 Å². The molecule has 0 bridgehead atoms. The molecule has 2 aromatic carbocycles. The molecule has 4 rings (SSSR count). The van der Waals surface area contributed by atoms with E-state index in [-0.39, 0.29) is 49.0 Å². The summed E-state index contributed by atoms with van der Waals surface area (Å²) in [6.07, 6.45) is 0.819. The number of nitrogens with one attached hydrogen (secondary N) is 4. The third kappa shape index (κ3) is 8.32. The normalized spacial score (nSPS) is 23.1. The fourth-order valence-electron chi connectivity index (χ4n) is 5.41. The highest BCUT2D eigenvalue weighted by atomic mass is 19.1. The highest BCUT2D eigenvalue weighted by Crippen LogP contribution is 2.34. The number of para-hydroxylation sites is 1. The zero-order chi connectivity index (χ0) is 31.7. The SMILES string of the molecule is CC(C)[C@H]1COc2ccccc2C(=O)N[C@H](C(=O)NCC2(c3cccc(F)c3)CCOCC2)CCC(=O)N[C@@H](CO)C(=O)N1. The van der Waals surface area contributed by atoms with E-state index in [1.807, 2.05) is 19.9 Å². The van der Waals surface area contributed by atoms with Crippen LogP contribution in [0.15, 0.2) is 48.5 Å². The van der Waals surface area contributed by atoms with Gasteiger partial charge in [-0.15, -0.1) is 0 Å². The van der Waals surface area contributed by atoms with E-state index in [0.29, 0.717) is 26.1 Å². The van der Waals surface area contributed by atoms with E-state index in [1.54, 1.807) is 30.3 Å². The van der Waals surface area contributed by atoms with Gasteiger partial charge in [0.05, 0.1) is 18.2 Å². The summed E-state index contributed by atoms with van der Waals surface area (Å²) in [6.45, 7) is 4.22. The number of hydrogen-bond acceptors (Lipinski definition) is 7. The number of ether oxygens (including phenoxy) is 2. The van der Waals surface area contributed by atoms with Crippen LogP contribution in [0.4, 0.5) is 4.39 Å². The lowest BCUT2D eigenvalue weighted by Crippen LogP contribution is -2.54. The van der Waals surface area contributed by atoms with Gasteiger partial charge in [0.2, 0.25) is 17.7 Å². The van der Waals surface area contributed by atoms with Crippen LogP contribution in [-0.4, -0.2) is 79.8 Å². The lowest BCUT2D eigenvalue weighted by Gasteiger charge is -2.38. The number of amides is 4. The first-order chi connectivity index (χ1) is 21.1. The fourth-order valence-corrected chi connectivity index (χ4v) is 5.41. The Bertz CT molecular complexity index is 1330. The smallest absolute Gasteiger partial charge is 0.255 e. The van der Waals surface area contributed by atoms with Crippen LogP contribution in [0.3, 0.4) is 0 Å². The van der Waals surface area contributed by atoms with Crippen molar-refractivity contribution in [1.82, 2.24) is 21.3 Å². The molecule has 1 fully saturated rings. The molecule has 0 unspecified atom stereocenters. The first-order valence-corrected chi connectivity index (χ1v) is 15.0. The largest absolute Gasteiger partial charge is 0.491 e. The van der Waals surface area contributed by atoms with Crippen LogP contribution in [0.2, 0.25) is 0 Å². The minimum absolute atomic E-state index is 0.0234. The minimum Gasteiger partial charge on any atom is -0.491 e. The van der Waals surface area contributed by atoms with Gasteiger partial charge in [0.25, 0.3) is 5.91 Å². The fraction of sp³-hybridized carbons (Fsp3) is 0.500. The maximum absolute atomic E-state index is 14.2. The maximum atomic E-state index is 14.2. The molecule has 5 N–H and O–H groups in total. The quantitative estimate of drug-likeness (QED) is 0.332. The average Bonchev–Trinajstić information content (AvgIpc) is 3.02. The second-order valence-corrected chi connectivity index (χ2v) is 11.7. The summed E-state index contributed by atoms with van der Waals surface area (Å²) < 4.78 is 25.7. The van der Waals surface area contributed by atoms with Crippen LogP contribution < -0.4 is 26.0 Å². The van der Waals surface area contributed by atoms with E-state index < -0.39 is 53.8 Å². The number of carbonyl (C=O) groups excluding carboxylic acids is 4. The Hall–Kier alpha value is -4.03. The molecule has 11 nitrogen and oxygen atoms in total. The molecule has 3 atom stereocenters. The minimum atomic E-state index is -1.21. The van der Waals surface area contributed by atoms with Crippen molar-refractivity contribution in [1.29, 1.82) is 0 Å². The predicted molar refractivity (Wildman–Crippen MR) is 159 cm³/mol. The highest BCUT2D eigenvalue weighted by molar-refractivity contribution is 6.00. The summed E-state index contributed by atoms with van der Waals surface area (Å²) in [5.74, 6) is -2.42. The molecule has 2 aliphatic rings. The summed E-state index contributed by atoms with van der Waals surface area (Å²) in [7, 11) is 0. The number of halogens is 1. The van der Waals surface area contributed by atoms with Gasteiger partial charge in [0, 0.05) is 31.6 Å². The van der Waals surface area contributed by atoms with Crippen LogP contribution in [0.1, 0.15) is 55.5 Å². The van der Waals surface area contributed by atoms with Crippen molar-refractivity contribution in [2.24, 2.45) is 5.92 Å². The van der Waals surface area contributed by atoms with Gasteiger partial charge in [-0.05, 0) is 55.0 Å². The van der Waals surface area contributed by atoms with E-state index in [4.69, 9.17) is 9.47 Å². The molecule has 2 aromatic rings. The Balaban J connectivity index is 1.59. The van der Waals surface area contributed by atoms with E-state index >= 15 is 0 Å². The lowest BCUT2D eigenvalue weighted by atomic mass is 9.74. The van der Waals surface area contributed by atoms with Crippen LogP contribution >= 0.6 is 0 Å². The number of rotatable bonds is 6. The second kappa shape index (κ2) is 15.1. The number of aliphatic hydroxyl groups is 1. The summed E-state index contributed by atoms with van der Waals surface area (Å²) in [5, 5.41) is 20.8. The van der Waals surface area contributed by atoms with Gasteiger partial charge >= 0.3 is 0 Å². The standard InChI is InChI=1S/C32H41FN4O7/c1-20(2)26-18-44-27-9-4-3-8-23(27)29(40)36-24(10-11-28(39)35-25(17-38)31(42)37-26)30(41)34-19-32(12-14-43-15-13-32)21-6-5-7-22(33)16-21/h3-9,16,20,24-26,38H,10-15,17-19H2,1-2H3,(H,34,41)(H,35,39)(H,36,40)(H,37,42)/t24-,25-,26+/m0/s1. The van der Waals surface area contributed by atoms with Crippen molar-refractivity contribution in [3.8, 4) is 5.75 Å². The molecule has 1 saturated heterocycles. The summed E-state index contributed by atoms with van der Waals surface area (Å²) >= 11 is 0. The molecular formula is C32H41FN4O7. The predicted octanol–water partition coefficient (Wildman–Crippen LogP) is 1.58. The van der Waals surface area contributed by atoms with Gasteiger partial charge in [0.1, 0.15) is 30.3 Å². The molecule has 0 spiro atoms. The van der Waals surface area contributed by atoms with E-state index in [0.717, 1.165) is 5.56 Å². The van der Waals surface area contributed by atoms with Gasteiger partial charge < -0.3 is 35.8 Å². The summed E-state index contributed by atoms with van der Waals surface area (Å²) in [4.78, 5) is 52.9. The monoisotopic (exact) mass is 612 g/mol. The van der Waals surface area contributed by atoms with Crippen molar-refractivity contribution >= 4 is 23.6 Å². The molecular weight excluding hydrogens is 571 g/mol. The first-order valence-electron chi connectivity index (χ1n) is 15.0. The van der Waals surface area contributed by atoms with Crippen molar-refractivity contribution in [2.45, 2.75) is 63.1 Å². The maximum Gasteiger partial charge on any atom is 0.255 e. The number of carbonyl (C=O) groups is 4. The van der Waals surface area contributed by atoms with Crippen LogP contribution in [0.25, 0.3) is 0 Å². The molecule has 0 aliphatic carbocycles. The van der Waals surface area contributed by atoms with Gasteiger partial charge in [-0.2, -0.15) is 0 Å². The van der Waals surface area contributed by atoms with Gasteiger partial charge in [-0.25, -0.2) is 4.39 Å². The molecule has 0 saturated carbocycles. The Morgan fingerprint density at radius 3 is 2.52 bits per heavy atom. The molecule has 2 aliphatic heterocycles. The molecule has 4 amide bonds. The Kier molecular flexibility index (Phi) is 11.3. The highest BCUT2D eigenvalue weighted by Gasteiger charge is 2.36. The zero-order valence-corrected chi connectivity index (χ0v) is 25.1. The number of hydrogen-bond donors (Lipinski definition) is 5. The molecule has 2 heterocycles. The lowest BCUT2D eigenvalue weighted by molar-refractivity contribution is -0.131. The third-order valence-electron chi connectivity index (χ3n) is 8.29. The average molecular weight is 613 g/mol. The Morgan fingerprint density at radius 1 is 1.07 bits per heavy atom. The van der Waals surface area contributed by atoms with E-state index in [2.05, 4.69) is 21.3 Å². The number of fused-ring (bicyclic) bond motifs is 1. The van der Waals surface area contributed by atoms with E-state index in [9.17, 15) is 28.7 Å². The first kappa shape index (κ1) is 32.9. The number of benzene rings is 2. The van der Waals surface area contributed by atoms with Gasteiger partial charge in [-0.3, -0.25) is 19.2 Å². The molecule has 238 valence electrons. The second-order valence-electron chi connectivity index (χ2n) is 11.7. The van der Waals surface area contributed by atoms with Crippen molar-refractivity contribution in [3.05, 3.63) is 65.5 Å². The van der Waals surface area contributed by atoms with Crippen molar-refractivity contribution in [2.75, 3.05) is 33.0 Å². The van der Waals surface area contributed by atoms with Crippen molar-refractivity contribution < 1.29 is 38.1 Å². The van der Waals surface area contributed by atoms with Crippen LogP contribution in [0, 0.1) is 11.7 Å². The topological polar surface area (TPSA) is 155 Å². The summed E-state index contributed by atoms with van der Waals surface area (Å²) in [6, 6.07) is 10.0. The summed E-state index contributed by atoms with van der Waals surface area (Å²) in [5.41, 5.74) is 0.352. The third-order valence-corrected chi connectivity index (χ3v) is 8.29. The molecule has 0 aromatic heterocycles. The molecule has 44 heavy (non-hydrogen) atoms. The molecule has 0 radical (unpaired) electrons. The van der Waals surface area contributed by atoms with Crippen LogP contribution in [-0.2, 0) is 24.5 Å². The zero-order valence-electron chi connectivity index (χ0n) is 25.1.